The Balaban J connectivity index is 0.00000180. The zero-order valence-electron chi connectivity index (χ0n) is 12.3. The molecular formula is C14H29IN4. The molecule has 1 unspecified atom stereocenters. The van der Waals surface area contributed by atoms with Crippen molar-refractivity contribution in [3.8, 4) is 0 Å². The average molecular weight is 380 g/mol. The summed E-state index contributed by atoms with van der Waals surface area (Å²) >= 11 is 0. The summed E-state index contributed by atoms with van der Waals surface area (Å²) in [6.45, 7) is 6.76. The molecule has 0 bridgehead atoms. The number of nitrogens with zero attached hydrogens (tertiary/aromatic N) is 2. The highest BCUT2D eigenvalue weighted by Crippen LogP contribution is 2.31. The molecule has 112 valence electrons. The van der Waals surface area contributed by atoms with Gasteiger partial charge in [-0.15, -0.1) is 24.0 Å². The predicted molar refractivity (Wildman–Crippen MR) is 92.4 cm³/mol. The van der Waals surface area contributed by atoms with E-state index in [9.17, 15) is 0 Å². The Labute approximate surface area is 134 Å². The molecule has 4 nitrogen and oxygen atoms in total. The van der Waals surface area contributed by atoms with Crippen molar-refractivity contribution >= 4 is 29.9 Å². The van der Waals surface area contributed by atoms with Crippen LogP contribution < -0.4 is 10.6 Å². The number of aliphatic imine (C=N–C) groups is 1. The highest BCUT2D eigenvalue weighted by Gasteiger charge is 2.23. The summed E-state index contributed by atoms with van der Waals surface area (Å²) in [6.07, 6.45) is 6.82. The van der Waals surface area contributed by atoms with Gasteiger partial charge < -0.3 is 10.6 Å². The maximum Gasteiger partial charge on any atom is 0.191 e. The number of rotatable bonds is 6. The van der Waals surface area contributed by atoms with Crippen molar-refractivity contribution in [3.05, 3.63) is 0 Å². The monoisotopic (exact) mass is 380 g/mol. The Bertz CT molecular complexity index is 279. The van der Waals surface area contributed by atoms with Gasteiger partial charge >= 0.3 is 0 Å². The number of halogens is 1. The quantitative estimate of drug-likeness (QED) is 0.421. The number of nitrogens with one attached hydrogen (secondary N) is 2. The van der Waals surface area contributed by atoms with Crippen LogP contribution in [0.4, 0.5) is 0 Å². The van der Waals surface area contributed by atoms with Crippen LogP contribution in [0, 0.1) is 5.92 Å². The van der Waals surface area contributed by atoms with E-state index in [4.69, 9.17) is 0 Å². The van der Waals surface area contributed by atoms with E-state index in [1.807, 2.05) is 7.05 Å². The topological polar surface area (TPSA) is 39.7 Å². The van der Waals surface area contributed by atoms with Gasteiger partial charge in [-0.05, 0) is 38.3 Å². The summed E-state index contributed by atoms with van der Waals surface area (Å²) in [5, 5.41) is 6.88. The van der Waals surface area contributed by atoms with Gasteiger partial charge in [-0.3, -0.25) is 9.89 Å². The van der Waals surface area contributed by atoms with Crippen LogP contribution in [-0.4, -0.2) is 50.1 Å². The molecule has 2 aliphatic rings. The van der Waals surface area contributed by atoms with Gasteiger partial charge in [0.2, 0.25) is 0 Å². The second kappa shape index (κ2) is 9.00. The van der Waals surface area contributed by atoms with Crippen LogP contribution in [0.5, 0.6) is 0 Å². The summed E-state index contributed by atoms with van der Waals surface area (Å²) in [6, 6.07) is 0.692. The highest BCUT2D eigenvalue weighted by atomic mass is 127. The van der Waals surface area contributed by atoms with Gasteiger partial charge in [0.1, 0.15) is 0 Å². The molecule has 1 atom stereocenters. The van der Waals surface area contributed by atoms with Crippen LogP contribution in [0.1, 0.15) is 39.0 Å². The van der Waals surface area contributed by atoms with E-state index in [1.165, 1.54) is 45.2 Å². The predicted octanol–water partition coefficient (Wildman–Crippen LogP) is 2.05. The van der Waals surface area contributed by atoms with Gasteiger partial charge in [0.05, 0.1) is 0 Å². The number of guanidine groups is 1. The smallest absolute Gasteiger partial charge is 0.191 e. The Morgan fingerprint density at radius 2 is 2.05 bits per heavy atom. The third-order valence-electron chi connectivity index (χ3n) is 4.18. The molecule has 1 aliphatic heterocycles. The lowest BCUT2D eigenvalue weighted by molar-refractivity contribution is 0.267. The van der Waals surface area contributed by atoms with Crippen molar-refractivity contribution in [2.24, 2.45) is 10.9 Å². The third-order valence-corrected chi connectivity index (χ3v) is 4.18. The van der Waals surface area contributed by atoms with Gasteiger partial charge in [-0.1, -0.05) is 19.8 Å². The van der Waals surface area contributed by atoms with Crippen LogP contribution in [0.2, 0.25) is 0 Å². The number of hydrogen-bond acceptors (Lipinski definition) is 2. The molecular weight excluding hydrogens is 351 g/mol. The van der Waals surface area contributed by atoms with Crippen LogP contribution >= 0.6 is 24.0 Å². The third kappa shape index (κ3) is 5.85. The minimum atomic E-state index is 0. The minimum Gasteiger partial charge on any atom is -0.356 e. The Morgan fingerprint density at radius 1 is 1.26 bits per heavy atom. The van der Waals surface area contributed by atoms with E-state index < -0.39 is 0 Å². The first kappa shape index (κ1) is 17.0. The average Bonchev–Trinajstić information content (AvgIpc) is 3.10. The lowest BCUT2D eigenvalue weighted by Gasteiger charge is -2.23. The lowest BCUT2D eigenvalue weighted by atomic mass is 10.2. The van der Waals surface area contributed by atoms with Crippen molar-refractivity contribution in [2.75, 3.05) is 33.2 Å². The first-order valence-corrected chi connectivity index (χ1v) is 7.52. The summed E-state index contributed by atoms with van der Waals surface area (Å²) in [5.74, 6) is 1.96. The fourth-order valence-electron chi connectivity index (χ4n) is 2.78. The maximum absolute atomic E-state index is 4.29. The van der Waals surface area contributed by atoms with Gasteiger partial charge in [0.25, 0.3) is 0 Å². The largest absolute Gasteiger partial charge is 0.356 e. The fourth-order valence-corrected chi connectivity index (χ4v) is 2.78. The zero-order valence-corrected chi connectivity index (χ0v) is 14.7. The van der Waals surface area contributed by atoms with Gasteiger partial charge in [0.15, 0.2) is 5.96 Å². The molecule has 1 saturated heterocycles. The Kier molecular flexibility index (Phi) is 8.06. The molecule has 19 heavy (non-hydrogen) atoms. The normalized spacial score (nSPS) is 24.1. The summed E-state index contributed by atoms with van der Waals surface area (Å²) in [4.78, 5) is 6.85. The van der Waals surface area contributed by atoms with Gasteiger partial charge in [-0.2, -0.15) is 0 Å². The molecule has 1 aliphatic carbocycles. The standard InChI is InChI=1S/C14H28N4.HI/c1-3-18-10-4-5-13(18)11-17-14(15-2)16-9-8-12-6-7-12;/h12-13H,3-11H2,1-2H3,(H2,15,16,17);1H. The number of likely N-dealkylation sites (N-methyl/N-ethyl adjacent to an activating group) is 1. The first-order chi connectivity index (χ1) is 8.83. The van der Waals surface area contributed by atoms with E-state index in [0.717, 1.165) is 25.0 Å². The molecule has 0 spiro atoms. The lowest BCUT2D eigenvalue weighted by Crippen LogP contribution is -2.45. The van der Waals surface area contributed by atoms with Crippen molar-refractivity contribution in [1.82, 2.24) is 15.5 Å². The molecule has 2 rings (SSSR count). The van der Waals surface area contributed by atoms with E-state index >= 15 is 0 Å². The summed E-state index contributed by atoms with van der Waals surface area (Å²) in [5.41, 5.74) is 0. The molecule has 2 fully saturated rings. The first-order valence-electron chi connectivity index (χ1n) is 7.52. The van der Waals surface area contributed by atoms with E-state index in [0.29, 0.717) is 6.04 Å². The van der Waals surface area contributed by atoms with Crippen LogP contribution in [0.25, 0.3) is 0 Å². The van der Waals surface area contributed by atoms with Crippen molar-refractivity contribution < 1.29 is 0 Å². The van der Waals surface area contributed by atoms with Gasteiger partial charge in [0, 0.05) is 26.2 Å². The molecule has 0 radical (unpaired) electrons. The van der Waals surface area contributed by atoms with E-state index in [2.05, 4.69) is 27.4 Å². The molecule has 1 saturated carbocycles. The molecule has 0 amide bonds. The molecule has 0 aromatic carbocycles. The van der Waals surface area contributed by atoms with E-state index in [1.54, 1.807) is 0 Å². The second-order valence-corrected chi connectivity index (χ2v) is 5.54. The van der Waals surface area contributed by atoms with Crippen LogP contribution in [0.15, 0.2) is 4.99 Å². The number of likely N-dealkylation sites (tertiary alicyclic amines) is 1. The fraction of sp³-hybridized carbons (Fsp3) is 0.929. The molecule has 0 aromatic rings. The van der Waals surface area contributed by atoms with Crippen molar-refractivity contribution in [1.29, 1.82) is 0 Å². The van der Waals surface area contributed by atoms with Gasteiger partial charge in [-0.25, -0.2) is 0 Å². The number of hydrogen-bond donors (Lipinski definition) is 2. The SMILES string of the molecule is CCN1CCCC1CNC(=NC)NCCC1CC1.I. The van der Waals surface area contributed by atoms with Crippen LogP contribution in [0.3, 0.4) is 0 Å². The maximum atomic E-state index is 4.29. The van der Waals surface area contributed by atoms with Crippen molar-refractivity contribution in [2.45, 2.75) is 45.1 Å². The minimum absolute atomic E-state index is 0. The van der Waals surface area contributed by atoms with Crippen molar-refractivity contribution in [3.63, 3.8) is 0 Å². The Hall–Kier alpha value is -0.0400. The van der Waals surface area contributed by atoms with E-state index in [-0.39, 0.29) is 24.0 Å². The molecule has 0 aromatic heterocycles. The summed E-state index contributed by atoms with van der Waals surface area (Å²) < 4.78 is 0. The zero-order chi connectivity index (χ0) is 12.8. The summed E-state index contributed by atoms with van der Waals surface area (Å²) in [7, 11) is 1.86. The Morgan fingerprint density at radius 3 is 2.68 bits per heavy atom. The molecule has 5 heteroatoms. The second-order valence-electron chi connectivity index (χ2n) is 5.54. The van der Waals surface area contributed by atoms with Crippen LogP contribution in [-0.2, 0) is 0 Å². The molecule has 2 N–H and O–H groups in total. The highest BCUT2D eigenvalue weighted by molar-refractivity contribution is 14.0. The molecule has 1 heterocycles.